The number of carbonyl (C=O) groups excluding carboxylic acids is 2. The minimum atomic E-state index is -0.416. The van der Waals surface area contributed by atoms with Crippen LogP contribution in [0.2, 0.25) is 0 Å². The van der Waals surface area contributed by atoms with Crippen molar-refractivity contribution < 1.29 is 19.1 Å². The molecule has 0 bridgehead atoms. The van der Waals surface area contributed by atoms with Gasteiger partial charge in [-0.1, -0.05) is 43.8 Å². The van der Waals surface area contributed by atoms with Crippen molar-refractivity contribution in [2.75, 3.05) is 17.7 Å². The van der Waals surface area contributed by atoms with Crippen molar-refractivity contribution in [1.82, 2.24) is 14.8 Å². The zero-order valence-corrected chi connectivity index (χ0v) is 20.6. The van der Waals surface area contributed by atoms with Gasteiger partial charge in [0.05, 0.1) is 5.75 Å². The number of anilines is 1. The average molecular weight is 493 g/mol. The van der Waals surface area contributed by atoms with Crippen molar-refractivity contribution >= 4 is 29.1 Å². The summed E-state index contributed by atoms with van der Waals surface area (Å²) in [4.78, 5) is 24.7. The fraction of sp³-hybridized carbons (Fsp3) is 0.308. The van der Waals surface area contributed by atoms with Crippen molar-refractivity contribution in [2.24, 2.45) is 5.92 Å². The van der Waals surface area contributed by atoms with Gasteiger partial charge in [0, 0.05) is 24.2 Å². The first-order valence-electron chi connectivity index (χ1n) is 11.4. The number of amides is 1. The number of fused-ring (bicyclic) bond motifs is 1. The Morgan fingerprint density at radius 3 is 2.63 bits per heavy atom. The van der Waals surface area contributed by atoms with Crippen LogP contribution in [0.25, 0.3) is 0 Å². The van der Waals surface area contributed by atoms with Crippen LogP contribution in [0.5, 0.6) is 11.5 Å². The Morgan fingerprint density at radius 2 is 1.91 bits per heavy atom. The number of para-hydroxylation sites is 2. The minimum absolute atomic E-state index is 0.0391. The molecule has 1 aromatic heterocycles. The molecule has 0 aliphatic carbocycles. The highest BCUT2D eigenvalue weighted by Crippen LogP contribution is 2.36. The number of carbonyl (C=O) groups is 2. The molecule has 0 spiro atoms. The van der Waals surface area contributed by atoms with E-state index in [2.05, 4.69) is 22.1 Å². The van der Waals surface area contributed by atoms with E-state index >= 15 is 0 Å². The van der Waals surface area contributed by atoms with Crippen molar-refractivity contribution in [3.63, 3.8) is 0 Å². The highest BCUT2D eigenvalue weighted by molar-refractivity contribution is 7.99. The third-order valence-electron chi connectivity index (χ3n) is 5.27. The number of thioether (sulfide) groups is 1. The van der Waals surface area contributed by atoms with E-state index in [0.29, 0.717) is 53.3 Å². The second kappa shape index (κ2) is 11.2. The standard InChI is InChI=1S/C26H28N4O4S/c1-4-13-30-25(23-15-33-21-7-5-6-8-22(21)34-23)28-29-26(30)35-16-20(31)18-9-11-19(12-10-18)27-24(32)14-17(2)3/h4-12,17,23H,1,13-16H2,2-3H3,(H,27,32). The van der Waals surface area contributed by atoms with Crippen molar-refractivity contribution in [3.8, 4) is 11.5 Å². The van der Waals surface area contributed by atoms with Gasteiger partial charge in [-0.15, -0.1) is 16.8 Å². The van der Waals surface area contributed by atoms with E-state index in [0.717, 1.165) is 0 Å². The molecule has 2 heterocycles. The highest BCUT2D eigenvalue weighted by atomic mass is 32.2. The Bertz CT molecular complexity index is 1210. The first-order chi connectivity index (χ1) is 16.9. The molecule has 8 nitrogen and oxygen atoms in total. The van der Waals surface area contributed by atoms with E-state index in [-0.39, 0.29) is 23.4 Å². The van der Waals surface area contributed by atoms with E-state index in [1.807, 2.05) is 42.7 Å². The van der Waals surface area contributed by atoms with Crippen LogP contribution in [0.15, 0.2) is 66.3 Å². The lowest BCUT2D eigenvalue weighted by atomic mass is 10.1. The minimum Gasteiger partial charge on any atom is -0.485 e. The molecule has 1 unspecified atom stereocenters. The second-order valence-electron chi connectivity index (χ2n) is 8.54. The molecule has 3 aromatic rings. The van der Waals surface area contributed by atoms with Crippen LogP contribution in [0.1, 0.15) is 42.6 Å². The molecular formula is C26H28N4O4S. The van der Waals surface area contributed by atoms with Gasteiger partial charge in [-0.25, -0.2) is 0 Å². The number of nitrogens with one attached hydrogen (secondary N) is 1. The lowest BCUT2D eigenvalue weighted by molar-refractivity contribution is -0.116. The summed E-state index contributed by atoms with van der Waals surface area (Å²) in [5.41, 5.74) is 1.24. The van der Waals surface area contributed by atoms with Gasteiger partial charge in [0.25, 0.3) is 0 Å². The van der Waals surface area contributed by atoms with Crippen LogP contribution < -0.4 is 14.8 Å². The normalized spacial score (nSPS) is 14.5. The number of rotatable bonds is 10. The summed E-state index contributed by atoms with van der Waals surface area (Å²) in [5.74, 6) is 2.37. The number of hydrogen-bond acceptors (Lipinski definition) is 7. The summed E-state index contributed by atoms with van der Waals surface area (Å²) in [5, 5.41) is 12.1. The zero-order chi connectivity index (χ0) is 24.8. The van der Waals surface area contributed by atoms with Gasteiger partial charge >= 0.3 is 0 Å². The van der Waals surface area contributed by atoms with Gasteiger partial charge in [0.2, 0.25) is 5.91 Å². The van der Waals surface area contributed by atoms with Crippen LogP contribution >= 0.6 is 11.8 Å². The van der Waals surface area contributed by atoms with Crippen LogP contribution in [0.4, 0.5) is 5.69 Å². The van der Waals surface area contributed by atoms with Crippen molar-refractivity contribution in [2.45, 2.75) is 38.1 Å². The molecule has 9 heteroatoms. The molecule has 1 aliphatic heterocycles. The Morgan fingerprint density at radius 1 is 1.17 bits per heavy atom. The Kier molecular flexibility index (Phi) is 7.87. The summed E-state index contributed by atoms with van der Waals surface area (Å²) in [6.45, 7) is 8.61. The lowest BCUT2D eigenvalue weighted by Gasteiger charge is -2.26. The number of allylic oxidation sites excluding steroid dienone is 1. The lowest BCUT2D eigenvalue weighted by Crippen LogP contribution is -2.25. The van der Waals surface area contributed by atoms with Gasteiger partial charge in [0.15, 0.2) is 34.4 Å². The molecule has 182 valence electrons. The second-order valence-corrected chi connectivity index (χ2v) is 9.48. The van der Waals surface area contributed by atoms with E-state index in [9.17, 15) is 9.59 Å². The summed E-state index contributed by atoms with van der Waals surface area (Å²) in [6.07, 6.45) is 1.79. The molecule has 0 saturated carbocycles. The van der Waals surface area contributed by atoms with Gasteiger partial charge < -0.3 is 14.8 Å². The number of nitrogens with zero attached hydrogens (tertiary/aromatic N) is 3. The molecule has 0 radical (unpaired) electrons. The van der Waals surface area contributed by atoms with E-state index < -0.39 is 6.10 Å². The molecule has 0 fully saturated rings. The molecule has 35 heavy (non-hydrogen) atoms. The number of Topliss-reactive ketones (excluding diaryl/α,β-unsaturated/α-hetero) is 1. The smallest absolute Gasteiger partial charge is 0.224 e. The molecular weight excluding hydrogens is 464 g/mol. The monoisotopic (exact) mass is 492 g/mol. The highest BCUT2D eigenvalue weighted by Gasteiger charge is 2.28. The number of aromatic nitrogens is 3. The summed E-state index contributed by atoms with van der Waals surface area (Å²) >= 11 is 1.31. The van der Waals surface area contributed by atoms with Crippen LogP contribution in [-0.4, -0.2) is 38.8 Å². The fourth-order valence-electron chi connectivity index (χ4n) is 3.63. The van der Waals surface area contributed by atoms with Gasteiger partial charge in [0.1, 0.15) is 6.61 Å². The molecule has 4 rings (SSSR count). The summed E-state index contributed by atoms with van der Waals surface area (Å²) in [7, 11) is 0. The average Bonchev–Trinajstić information content (AvgIpc) is 3.25. The van der Waals surface area contributed by atoms with Crippen molar-refractivity contribution in [3.05, 3.63) is 72.6 Å². The van der Waals surface area contributed by atoms with E-state index in [4.69, 9.17) is 9.47 Å². The van der Waals surface area contributed by atoms with Crippen LogP contribution in [0, 0.1) is 5.92 Å². The number of benzene rings is 2. The quantitative estimate of drug-likeness (QED) is 0.243. The first-order valence-corrected chi connectivity index (χ1v) is 12.4. The maximum atomic E-state index is 12.8. The van der Waals surface area contributed by atoms with E-state index in [1.54, 1.807) is 30.3 Å². The summed E-state index contributed by atoms with van der Waals surface area (Å²) < 4.78 is 13.8. The van der Waals surface area contributed by atoms with Gasteiger partial charge in [-0.05, 0) is 42.3 Å². The van der Waals surface area contributed by atoms with Gasteiger partial charge in [-0.2, -0.15) is 0 Å². The predicted octanol–water partition coefficient (Wildman–Crippen LogP) is 4.94. The molecule has 1 atom stereocenters. The topological polar surface area (TPSA) is 95.3 Å². The maximum absolute atomic E-state index is 12.8. The van der Waals surface area contributed by atoms with Crippen LogP contribution in [0.3, 0.4) is 0 Å². The Labute approximate surface area is 208 Å². The molecule has 0 saturated heterocycles. The Balaban J connectivity index is 1.40. The molecule has 1 aliphatic rings. The van der Waals surface area contributed by atoms with Crippen LogP contribution in [-0.2, 0) is 11.3 Å². The first kappa shape index (κ1) is 24.5. The molecule has 2 aromatic carbocycles. The fourth-order valence-corrected chi connectivity index (χ4v) is 4.48. The third kappa shape index (κ3) is 6.10. The largest absolute Gasteiger partial charge is 0.485 e. The maximum Gasteiger partial charge on any atom is 0.224 e. The van der Waals surface area contributed by atoms with Gasteiger partial charge in [-0.3, -0.25) is 14.2 Å². The zero-order valence-electron chi connectivity index (χ0n) is 19.8. The number of ether oxygens (including phenoxy) is 2. The Hall–Kier alpha value is -3.59. The third-order valence-corrected chi connectivity index (χ3v) is 6.24. The number of ketones is 1. The van der Waals surface area contributed by atoms with E-state index in [1.165, 1.54) is 11.8 Å². The summed E-state index contributed by atoms with van der Waals surface area (Å²) in [6, 6.07) is 14.4. The predicted molar refractivity (Wildman–Crippen MR) is 135 cm³/mol. The number of hydrogen-bond donors (Lipinski definition) is 1. The van der Waals surface area contributed by atoms with Crippen molar-refractivity contribution in [1.29, 1.82) is 0 Å². The molecule has 1 amide bonds. The SMILES string of the molecule is C=CCn1c(SCC(=O)c2ccc(NC(=O)CC(C)C)cc2)nnc1C1COc2ccccc2O1. The molecule has 1 N–H and O–H groups in total.